The number of benzene rings is 3. The molecule has 0 radical (unpaired) electrons. The Bertz CT molecular complexity index is 1420. The molecule has 1 aliphatic heterocycles. The highest BCUT2D eigenvalue weighted by Crippen LogP contribution is 2.35. The topological polar surface area (TPSA) is 96.5 Å². The van der Waals surface area contributed by atoms with E-state index in [0.717, 1.165) is 17.0 Å². The highest BCUT2D eigenvalue weighted by Gasteiger charge is 2.34. The van der Waals surface area contributed by atoms with Crippen LogP contribution in [-0.4, -0.2) is 34.4 Å². The molecular weight excluding hydrogens is 466 g/mol. The first kappa shape index (κ1) is 24.0. The third-order valence-electron chi connectivity index (χ3n) is 6.01. The van der Waals surface area contributed by atoms with Crippen LogP contribution in [-0.2, 0) is 11.3 Å². The lowest BCUT2D eigenvalue weighted by Gasteiger charge is -2.34. The van der Waals surface area contributed by atoms with Crippen molar-refractivity contribution < 1.29 is 14.3 Å². The molecule has 0 saturated carbocycles. The van der Waals surface area contributed by atoms with Crippen molar-refractivity contribution in [1.29, 1.82) is 0 Å². The Morgan fingerprint density at radius 1 is 0.919 bits per heavy atom. The van der Waals surface area contributed by atoms with Crippen LogP contribution in [0.1, 0.15) is 27.3 Å². The molecule has 0 fully saturated rings. The van der Waals surface area contributed by atoms with Crippen LogP contribution in [0.2, 0.25) is 0 Å². The highest BCUT2D eigenvalue weighted by molar-refractivity contribution is 6.11. The van der Waals surface area contributed by atoms with Gasteiger partial charge >= 0.3 is 0 Å². The number of nitrogens with zero attached hydrogens (tertiary/aromatic N) is 3. The Kier molecular flexibility index (Phi) is 6.81. The third-order valence-corrected chi connectivity index (χ3v) is 6.01. The predicted molar refractivity (Wildman–Crippen MR) is 142 cm³/mol. The van der Waals surface area contributed by atoms with E-state index in [9.17, 15) is 9.59 Å². The van der Waals surface area contributed by atoms with E-state index in [1.54, 1.807) is 23.1 Å². The number of nitrogens with one attached hydrogen (secondary N) is 2. The Morgan fingerprint density at radius 3 is 2.38 bits per heavy atom. The number of ether oxygens (including phenoxy) is 1. The van der Waals surface area contributed by atoms with Crippen LogP contribution in [0.25, 0.3) is 0 Å². The fourth-order valence-corrected chi connectivity index (χ4v) is 4.29. The molecule has 4 aromatic rings. The van der Waals surface area contributed by atoms with Crippen molar-refractivity contribution in [3.05, 3.63) is 107 Å². The lowest BCUT2D eigenvalue weighted by molar-refractivity contribution is -0.127. The number of carbonyl (C=O) groups is 2. The number of para-hydroxylation sites is 3. The monoisotopic (exact) mass is 493 g/mol. The summed E-state index contributed by atoms with van der Waals surface area (Å²) in [7, 11) is 0. The van der Waals surface area contributed by atoms with Gasteiger partial charge in [-0.25, -0.2) is 9.97 Å². The van der Waals surface area contributed by atoms with Crippen molar-refractivity contribution in [2.45, 2.75) is 26.5 Å². The van der Waals surface area contributed by atoms with Gasteiger partial charge in [-0.3, -0.25) is 9.59 Å². The summed E-state index contributed by atoms with van der Waals surface area (Å²) in [5.41, 5.74) is 4.25. The second-order valence-corrected chi connectivity index (χ2v) is 8.84. The molecule has 0 unspecified atom stereocenters. The summed E-state index contributed by atoms with van der Waals surface area (Å²) in [4.78, 5) is 37.4. The summed E-state index contributed by atoms with van der Waals surface area (Å²) < 4.78 is 6.01. The number of anilines is 3. The van der Waals surface area contributed by atoms with Gasteiger partial charge in [0.1, 0.15) is 5.75 Å². The molecule has 5 rings (SSSR count). The molecule has 1 atom stereocenters. The Morgan fingerprint density at radius 2 is 1.59 bits per heavy atom. The maximum absolute atomic E-state index is 13.9. The van der Waals surface area contributed by atoms with E-state index < -0.39 is 6.10 Å². The second kappa shape index (κ2) is 10.5. The van der Waals surface area contributed by atoms with Crippen molar-refractivity contribution in [3.8, 4) is 5.75 Å². The van der Waals surface area contributed by atoms with Gasteiger partial charge in [0, 0.05) is 17.9 Å². The number of aryl methyl sites for hydroxylation is 2. The molecule has 0 saturated heterocycles. The molecule has 2 amide bonds. The molecular formula is C29H27N5O3. The van der Waals surface area contributed by atoms with Crippen LogP contribution in [0.5, 0.6) is 5.75 Å². The molecule has 0 aliphatic carbocycles. The lowest BCUT2D eigenvalue weighted by atomic mass is 10.1. The molecule has 1 aromatic heterocycles. The van der Waals surface area contributed by atoms with E-state index in [-0.39, 0.29) is 18.4 Å². The molecule has 3 aromatic carbocycles. The molecule has 1 aliphatic rings. The van der Waals surface area contributed by atoms with Crippen molar-refractivity contribution in [3.63, 3.8) is 0 Å². The number of rotatable bonds is 6. The molecule has 0 spiro atoms. The highest BCUT2D eigenvalue weighted by atomic mass is 16.5. The average Bonchev–Trinajstić information content (AvgIpc) is 2.91. The number of carbonyl (C=O) groups excluding carboxylic acids is 2. The zero-order chi connectivity index (χ0) is 25.8. The molecule has 8 nitrogen and oxygen atoms in total. The van der Waals surface area contributed by atoms with Gasteiger partial charge in [-0.05, 0) is 49.7 Å². The van der Waals surface area contributed by atoms with Gasteiger partial charge in [0.05, 0.1) is 23.5 Å². The SMILES string of the molecule is Cc1cc(C)nc(Nc2ccccc2C(=O)N2C[C@@H](C(=O)NCc3ccccc3)Oc3ccccc32)n1. The number of hydrogen-bond donors (Lipinski definition) is 2. The first-order chi connectivity index (χ1) is 18.0. The minimum atomic E-state index is -0.856. The zero-order valence-electron chi connectivity index (χ0n) is 20.6. The van der Waals surface area contributed by atoms with Gasteiger partial charge in [0.25, 0.3) is 11.8 Å². The van der Waals surface area contributed by atoms with Crippen LogP contribution < -0.4 is 20.3 Å². The fourth-order valence-electron chi connectivity index (χ4n) is 4.29. The Balaban J connectivity index is 1.41. The molecule has 186 valence electrons. The number of fused-ring (bicyclic) bond motifs is 1. The van der Waals surface area contributed by atoms with E-state index in [1.807, 2.05) is 80.6 Å². The minimum absolute atomic E-state index is 0.0743. The number of aromatic nitrogens is 2. The molecule has 8 heteroatoms. The maximum Gasteiger partial charge on any atom is 0.263 e. The standard InChI is InChI=1S/C29H27N5O3/c1-19-16-20(2)32-29(31-19)33-23-13-7-6-12-22(23)28(36)34-18-26(37-25-15-9-8-14-24(25)34)27(35)30-17-21-10-4-3-5-11-21/h3-16,26H,17-18H2,1-2H3,(H,30,35)(H,31,32,33)/t26-/m0/s1. The minimum Gasteiger partial charge on any atom is -0.477 e. The van der Waals surface area contributed by atoms with Crippen LogP contribution in [0.4, 0.5) is 17.3 Å². The maximum atomic E-state index is 13.9. The summed E-state index contributed by atoms with van der Waals surface area (Å²) >= 11 is 0. The van der Waals surface area contributed by atoms with Crippen molar-refractivity contribution in [1.82, 2.24) is 15.3 Å². The quantitative estimate of drug-likeness (QED) is 0.409. The molecule has 37 heavy (non-hydrogen) atoms. The first-order valence-corrected chi connectivity index (χ1v) is 12.1. The van der Waals surface area contributed by atoms with Crippen LogP contribution >= 0.6 is 0 Å². The third kappa shape index (κ3) is 5.43. The van der Waals surface area contributed by atoms with E-state index in [2.05, 4.69) is 20.6 Å². The van der Waals surface area contributed by atoms with Crippen molar-refractivity contribution in [2.75, 3.05) is 16.8 Å². The van der Waals surface area contributed by atoms with Gasteiger partial charge < -0.3 is 20.3 Å². The van der Waals surface area contributed by atoms with Crippen molar-refractivity contribution in [2.24, 2.45) is 0 Å². The largest absolute Gasteiger partial charge is 0.477 e. The van der Waals surface area contributed by atoms with Gasteiger partial charge in [-0.1, -0.05) is 54.6 Å². The average molecular weight is 494 g/mol. The van der Waals surface area contributed by atoms with E-state index in [4.69, 9.17) is 4.74 Å². The zero-order valence-corrected chi connectivity index (χ0v) is 20.6. The van der Waals surface area contributed by atoms with Crippen molar-refractivity contribution >= 4 is 29.1 Å². The normalized spacial score (nSPS) is 14.3. The van der Waals surface area contributed by atoms with Gasteiger partial charge in [0.2, 0.25) is 5.95 Å². The molecule has 2 heterocycles. The van der Waals surface area contributed by atoms with E-state index in [1.165, 1.54) is 0 Å². The molecule has 0 bridgehead atoms. The summed E-state index contributed by atoms with van der Waals surface area (Å²) in [5, 5.41) is 6.11. The number of hydrogen-bond acceptors (Lipinski definition) is 6. The van der Waals surface area contributed by atoms with Gasteiger partial charge in [0.15, 0.2) is 6.10 Å². The van der Waals surface area contributed by atoms with Gasteiger partial charge in [-0.2, -0.15) is 0 Å². The van der Waals surface area contributed by atoms with Crippen LogP contribution in [0.15, 0.2) is 84.9 Å². The summed E-state index contributed by atoms with van der Waals surface area (Å²) in [6.07, 6.45) is -0.856. The second-order valence-electron chi connectivity index (χ2n) is 8.84. The van der Waals surface area contributed by atoms with Crippen LogP contribution in [0.3, 0.4) is 0 Å². The summed E-state index contributed by atoms with van der Waals surface area (Å²) in [5.74, 6) is 0.346. The molecule has 2 N–H and O–H groups in total. The Hall–Kier alpha value is -4.72. The van der Waals surface area contributed by atoms with Crippen LogP contribution in [0, 0.1) is 13.8 Å². The predicted octanol–water partition coefficient (Wildman–Crippen LogP) is 4.56. The van der Waals surface area contributed by atoms with E-state index in [0.29, 0.717) is 35.2 Å². The lowest BCUT2D eigenvalue weighted by Crippen LogP contribution is -2.50. The summed E-state index contributed by atoms with van der Waals surface area (Å²) in [6, 6.07) is 26.0. The summed E-state index contributed by atoms with van der Waals surface area (Å²) in [6.45, 7) is 4.23. The first-order valence-electron chi connectivity index (χ1n) is 12.1. The van der Waals surface area contributed by atoms with Gasteiger partial charge in [-0.15, -0.1) is 0 Å². The smallest absolute Gasteiger partial charge is 0.263 e. The van der Waals surface area contributed by atoms with E-state index >= 15 is 0 Å². The number of amides is 2. The Labute approximate surface area is 215 Å². The fraction of sp³-hybridized carbons (Fsp3) is 0.172.